The van der Waals surface area contributed by atoms with E-state index in [0.717, 1.165) is 29.4 Å². The number of aromatic nitrogens is 1. The van der Waals surface area contributed by atoms with Gasteiger partial charge < -0.3 is 15.0 Å². The Kier molecular flexibility index (Phi) is 4.22. The second-order valence-corrected chi connectivity index (χ2v) is 4.76. The Morgan fingerprint density at radius 1 is 1.42 bits per heavy atom. The third kappa shape index (κ3) is 2.96. The summed E-state index contributed by atoms with van der Waals surface area (Å²) in [6.07, 6.45) is 3.28. The fourth-order valence-corrected chi connectivity index (χ4v) is 2.30. The summed E-state index contributed by atoms with van der Waals surface area (Å²) in [5, 5.41) is 1.13. The number of nitrogens with zero attached hydrogens (tertiary/aromatic N) is 1. The van der Waals surface area contributed by atoms with Crippen LogP contribution in [0.5, 0.6) is 0 Å². The number of esters is 1. The van der Waals surface area contributed by atoms with Gasteiger partial charge in [-0.3, -0.25) is 4.79 Å². The molecule has 0 atom stereocenters. The number of hydrogen-bond donors (Lipinski definition) is 1. The number of methoxy groups -OCH3 is 1. The highest BCUT2D eigenvalue weighted by molar-refractivity contribution is 5.88. The van der Waals surface area contributed by atoms with Crippen molar-refractivity contribution < 1.29 is 9.53 Å². The van der Waals surface area contributed by atoms with E-state index < -0.39 is 0 Å². The molecule has 2 aromatic rings. The lowest BCUT2D eigenvalue weighted by molar-refractivity contribution is -0.139. The normalized spacial score (nSPS) is 10.9. The molecule has 0 fully saturated rings. The Morgan fingerprint density at radius 2 is 2.21 bits per heavy atom. The topological polar surface area (TPSA) is 57.2 Å². The van der Waals surface area contributed by atoms with Crippen molar-refractivity contribution in [3.05, 3.63) is 35.5 Å². The standard InChI is InChI=1S/C15H20N2O2/c1-11-4-5-14-13(8-11)12(9-15(18)19-2)10-17(14)7-3-6-16/h4-5,8,10H,3,6-7,9,16H2,1-2H3. The van der Waals surface area contributed by atoms with Crippen LogP contribution >= 0.6 is 0 Å². The first-order chi connectivity index (χ1) is 9.15. The lowest BCUT2D eigenvalue weighted by atomic mass is 10.1. The van der Waals surface area contributed by atoms with Crippen molar-refractivity contribution in [1.82, 2.24) is 4.57 Å². The zero-order valence-electron chi connectivity index (χ0n) is 11.5. The number of hydrogen-bond acceptors (Lipinski definition) is 3. The molecule has 0 aliphatic heterocycles. The van der Waals surface area contributed by atoms with E-state index in [1.165, 1.54) is 12.7 Å². The maximum atomic E-state index is 11.5. The van der Waals surface area contributed by atoms with E-state index in [1.807, 2.05) is 6.20 Å². The highest BCUT2D eigenvalue weighted by Crippen LogP contribution is 2.23. The second kappa shape index (κ2) is 5.89. The molecule has 2 rings (SSSR count). The molecule has 2 N–H and O–H groups in total. The molecule has 4 heteroatoms. The van der Waals surface area contributed by atoms with Gasteiger partial charge in [-0.25, -0.2) is 0 Å². The zero-order chi connectivity index (χ0) is 13.8. The minimum absolute atomic E-state index is 0.209. The lowest BCUT2D eigenvalue weighted by Gasteiger charge is -2.03. The van der Waals surface area contributed by atoms with E-state index in [2.05, 4.69) is 29.7 Å². The van der Waals surface area contributed by atoms with E-state index in [-0.39, 0.29) is 5.97 Å². The van der Waals surface area contributed by atoms with Crippen molar-refractivity contribution in [1.29, 1.82) is 0 Å². The molecule has 19 heavy (non-hydrogen) atoms. The number of fused-ring (bicyclic) bond motifs is 1. The molecule has 0 bridgehead atoms. The first-order valence-electron chi connectivity index (χ1n) is 6.51. The zero-order valence-corrected chi connectivity index (χ0v) is 11.5. The van der Waals surface area contributed by atoms with Gasteiger partial charge in [0.1, 0.15) is 0 Å². The summed E-state index contributed by atoms with van der Waals surface area (Å²) in [5.74, 6) is -0.209. The van der Waals surface area contributed by atoms with Crippen LogP contribution in [-0.2, 0) is 22.5 Å². The van der Waals surface area contributed by atoms with Crippen LogP contribution in [0.2, 0.25) is 0 Å². The lowest BCUT2D eigenvalue weighted by Crippen LogP contribution is -2.05. The average Bonchev–Trinajstić information content (AvgIpc) is 2.73. The largest absolute Gasteiger partial charge is 0.469 e. The third-order valence-electron chi connectivity index (χ3n) is 3.28. The van der Waals surface area contributed by atoms with Crippen molar-refractivity contribution in [2.75, 3.05) is 13.7 Å². The number of carbonyl (C=O) groups excluding carboxylic acids is 1. The molecule has 0 spiro atoms. The SMILES string of the molecule is COC(=O)Cc1cn(CCCN)c2ccc(C)cc12. The molecular weight excluding hydrogens is 240 g/mol. The van der Waals surface area contributed by atoms with E-state index in [9.17, 15) is 4.79 Å². The molecule has 0 amide bonds. The highest BCUT2D eigenvalue weighted by Gasteiger charge is 2.12. The number of carbonyl (C=O) groups is 1. The number of ether oxygens (including phenoxy) is 1. The van der Waals surface area contributed by atoms with Crippen LogP contribution in [0.1, 0.15) is 17.5 Å². The van der Waals surface area contributed by atoms with Gasteiger partial charge in [0.15, 0.2) is 0 Å². The molecule has 1 aromatic heterocycles. The first-order valence-corrected chi connectivity index (χ1v) is 6.51. The Hall–Kier alpha value is -1.81. The molecule has 0 unspecified atom stereocenters. The Bertz CT molecular complexity index is 587. The van der Waals surface area contributed by atoms with Crippen LogP contribution in [0.4, 0.5) is 0 Å². The summed E-state index contributed by atoms with van der Waals surface area (Å²) in [6.45, 7) is 3.59. The van der Waals surface area contributed by atoms with E-state index >= 15 is 0 Å². The smallest absolute Gasteiger partial charge is 0.310 e. The van der Waals surface area contributed by atoms with Gasteiger partial charge in [-0.1, -0.05) is 11.6 Å². The van der Waals surface area contributed by atoms with Crippen LogP contribution in [-0.4, -0.2) is 24.2 Å². The van der Waals surface area contributed by atoms with Gasteiger partial charge in [0.25, 0.3) is 0 Å². The third-order valence-corrected chi connectivity index (χ3v) is 3.28. The fraction of sp³-hybridized carbons (Fsp3) is 0.400. The minimum atomic E-state index is -0.209. The van der Waals surface area contributed by atoms with Crippen LogP contribution in [0.25, 0.3) is 10.9 Å². The van der Waals surface area contributed by atoms with Crippen LogP contribution < -0.4 is 5.73 Å². The predicted octanol–water partition coefficient (Wildman–Crippen LogP) is 2.01. The van der Waals surface area contributed by atoms with Gasteiger partial charge >= 0.3 is 5.97 Å². The molecule has 0 aliphatic rings. The summed E-state index contributed by atoms with van der Waals surface area (Å²) >= 11 is 0. The van der Waals surface area contributed by atoms with E-state index in [0.29, 0.717) is 13.0 Å². The van der Waals surface area contributed by atoms with Crippen LogP contribution in [0, 0.1) is 6.92 Å². The Morgan fingerprint density at radius 3 is 2.89 bits per heavy atom. The summed E-state index contributed by atoms with van der Waals surface area (Å²) in [6, 6.07) is 6.30. The predicted molar refractivity (Wildman–Crippen MR) is 76.1 cm³/mol. The molecule has 0 aliphatic carbocycles. The van der Waals surface area contributed by atoms with Crippen molar-refractivity contribution in [2.45, 2.75) is 26.3 Å². The monoisotopic (exact) mass is 260 g/mol. The van der Waals surface area contributed by atoms with Gasteiger partial charge in [0.2, 0.25) is 0 Å². The van der Waals surface area contributed by atoms with Crippen molar-refractivity contribution >= 4 is 16.9 Å². The Balaban J connectivity index is 2.43. The maximum Gasteiger partial charge on any atom is 0.310 e. The van der Waals surface area contributed by atoms with Gasteiger partial charge in [0, 0.05) is 23.6 Å². The number of benzene rings is 1. The van der Waals surface area contributed by atoms with E-state index in [4.69, 9.17) is 10.5 Å². The van der Waals surface area contributed by atoms with Gasteiger partial charge in [-0.15, -0.1) is 0 Å². The number of rotatable bonds is 5. The van der Waals surface area contributed by atoms with Gasteiger partial charge in [0.05, 0.1) is 13.5 Å². The molecule has 0 saturated heterocycles. The van der Waals surface area contributed by atoms with E-state index in [1.54, 1.807) is 0 Å². The average molecular weight is 260 g/mol. The summed E-state index contributed by atoms with van der Waals surface area (Å²) < 4.78 is 6.92. The summed E-state index contributed by atoms with van der Waals surface area (Å²) in [4.78, 5) is 11.5. The van der Waals surface area contributed by atoms with Gasteiger partial charge in [-0.05, 0) is 37.6 Å². The summed E-state index contributed by atoms with van der Waals surface area (Å²) in [5.41, 5.74) is 8.92. The van der Waals surface area contributed by atoms with Crippen molar-refractivity contribution in [3.63, 3.8) is 0 Å². The minimum Gasteiger partial charge on any atom is -0.469 e. The molecule has 4 nitrogen and oxygen atoms in total. The molecule has 0 saturated carbocycles. The van der Waals surface area contributed by atoms with Gasteiger partial charge in [-0.2, -0.15) is 0 Å². The maximum absolute atomic E-state index is 11.5. The molecule has 0 radical (unpaired) electrons. The fourth-order valence-electron chi connectivity index (χ4n) is 2.30. The molecule has 102 valence electrons. The molecule has 1 aromatic carbocycles. The highest BCUT2D eigenvalue weighted by atomic mass is 16.5. The number of aryl methyl sites for hydroxylation is 2. The van der Waals surface area contributed by atoms with Crippen molar-refractivity contribution in [2.24, 2.45) is 5.73 Å². The first kappa shape index (κ1) is 13.6. The van der Waals surface area contributed by atoms with Crippen LogP contribution in [0.3, 0.4) is 0 Å². The van der Waals surface area contributed by atoms with Crippen LogP contribution in [0.15, 0.2) is 24.4 Å². The number of nitrogens with two attached hydrogens (primary N) is 1. The Labute approximate surface area is 113 Å². The summed E-state index contributed by atoms with van der Waals surface area (Å²) in [7, 11) is 1.42. The second-order valence-electron chi connectivity index (χ2n) is 4.76. The quantitative estimate of drug-likeness (QED) is 0.837. The van der Waals surface area contributed by atoms with Crippen molar-refractivity contribution in [3.8, 4) is 0 Å². The molecule has 1 heterocycles. The molecular formula is C15H20N2O2.